The van der Waals surface area contributed by atoms with Gasteiger partial charge in [-0.3, -0.25) is 0 Å². The lowest BCUT2D eigenvalue weighted by atomic mass is 9.90. The Morgan fingerprint density at radius 2 is 0.914 bits per heavy atom. The number of aromatic nitrogens is 3. The molecule has 0 N–H and O–H groups in total. The van der Waals surface area contributed by atoms with Gasteiger partial charge in [0.05, 0.1) is 0 Å². The third kappa shape index (κ3) is 5.94. The van der Waals surface area contributed by atoms with Crippen molar-refractivity contribution < 1.29 is 4.74 Å². The quantitative estimate of drug-likeness (QED) is 0.163. The van der Waals surface area contributed by atoms with Crippen LogP contribution < -0.4 is 9.64 Å². The first-order chi connectivity index (χ1) is 28.7. The van der Waals surface area contributed by atoms with Crippen molar-refractivity contribution in [3.63, 3.8) is 0 Å². The van der Waals surface area contributed by atoms with Crippen LogP contribution in [0.15, 0.2) is 206 Å². The van der Waals surface area contributed by atoms with Gasteiger partial charge in [0.1, 0.15) is 11.5 Å². The molecule has 0 amide bonds. The summed E-state index contributed by atoms with van der Waals surface area (Å²) in [4.78, 5) is 17.5. The summed E-state index contributed by atoms with van der Waals surface area (Å²) in [5.74, 6) is 3.51. The van der Waals surface area contributed by atoms with Gasteiger partial charge >= 0.3 is 0 Å². The molecule has 0 atom stereocenters. The maximum absolute atomic E-state index is 6.65. The lowest BCUT2D eigenvalue weighted by molar-refractivity contribution is 0.487. The number of hydrogen-bond acceptors (Lipinski definition) is 5. The Balaban J connectivity index is 1.00. The van der Waals surface area contributed by atoms with Crippen molar-refractivity contribution in [2.45, 2.75) is 0 Å². The Morgan fingerprint density at radius 3 is 1.66 bits per heavy atom. The van der Waals surface area contributed by atoms with Crippen LogP contribution in [0, 0.1) is 0 Å². The second-order valence-corrected chi connectivity index (χ2v) is 14.4. The van der Waals surface area contributed by atoms with Gasteiger partial charge in [0.2, 0.25) is 0 Å². The van der Waals surface area contributed by atoms with E-state index in [1.54, 1.807) is 0 Å². The van der Waals surface area contributed by atoms with Gasteiger partial charge < -0.3 is 9.64 Å². The number of benzene rings is 9. The van der Waals surface area contributed by atoms with E-state index in [4.69, 9.17) is 19.7 Å². The van der Waals surface area contributed by atoms with Crippen molar-refractivity contribution in [3.05, 3.63) is 206 Å². The van der Waals surface area contributed by atoms with Crippen LogP contribution in [0.2, 0.25) is 0 Å². The summed E-state index contributed by atoms with van der Waals surface area (Å²) in [6.45, 7) is 0. The fraction of sp³-hybridized carbons (Fsp3) is 0. The summed E-state index contributed by atoms with van der Waals surface area (Å²) in [5, 5.41) is 4.37. The summed E-state index contributed by atoms with van der Waals surface area (Å²) < 4.78 is 6.65. The first-order valence-electron chi connectivity index (χ1n) is 19.4. The first kappa shape index (κ1) is 33.4. The molecular formula is C53H34N4O. The van der Waals surface area contributed by atoms with E-state index in [-0.39, 0.29) is 0 Å². The van der Waals surface area contributed by atoms with Gasteiger partial charge in [-0.05, 0) is 99.6 Å². The standard InChI is InChI=1S/C53H34N4O/c1-4-14-37(15-5-1)51-54-52(40-24-23-35-13-10-11-16-38(35)33-40)56-53(55-51)46-30-32-49-50-44(46)21-12-22-45(50)47-34-39(27-31-48(47)58-49)36-25-28-43(29-26-36)57(41-17-6-2-7-18-41)42-19-8-3-9-20-42/h1-34H. The number of ether oxygens (including phenoxy) is 1. The summed E-state index contributed by atoms with van der Waals surface area (Å²) >= 11 is 0. The van der Waals surface area contributed by atoms with Gasteiger partial charge in [-0.25, -0.2) is 15.0 Å². The third-order valence-corrected chi connectivity index (χ3v) is 10.9. The van der Waals surface area contributed by atoms with Crippen LogP contribution in [0.4, 0.5) is 17.1 Å². The van der Waals surface area contributed by atoms with E-state index in [9.17, 15) is 0 Å². The number of nitrogens with zero attached hydrogens (tertiary/aromatic N) is 4. The smallest absolute Gasteiger partial charge is 0.164 e. The second-order valence-electron chi connectivity index (χ2n) is 14.4. The maximum atomic E-state index is 6.65. The van der Waals surface area contributed by atoms with Gasteiger partial charge in [-0.2, -0.15) is 0 Å². The van der Waals surface area contributed by atoms with Gasteiger partial charge in [-0.1, -0.05) is 140 Å². The molecule has 0 fully saturated rings. The van der Waals surface area contributed by atoms with E-state index >= 15 is 0 Å². The van der Waals surface area contributed by atoms with Crippen molar-refractivity contribution >= 4 is 38.6 Å². The van der Waals surface area contributed by atoms with Gasteiger partial charge in [0.15, 0.2) is 17.5 Å². The van der Waals surface area contributed by atoms with Crippen LogP contribution in [0.25, 0.3) is 78.0 Å². The average Bonchev–Trinajstić information content (AvgIpc) is 3.30. The average molecular weight is 743 g/mol. The minimum absolute atomic E-state index is 0.611. The monoisotopic (exact) mass is 742 g/mol. The highest BCUT2D eigenvalue weighted by Gasteiger charge is 2.24. The predicted molar refractivity (Wildman–Crippen MR) is 237 cm³/mol. The first-order valence-corrected chi connectivity index (χ1v) is 19.4. The molecule has 1 aliphatic heterocycles. The summed E-state index contributed by atoms with van der Waals surface area (Å²) in [6.07, 6.45) is 0. The second kappa shape index (κ2) is 14.0. The molecule has 0 saturated carbocycles. The molecule has 11 rings (SSSR count). The summed E-state index contributed by atoms with van der Waals surface area (Å²) in [6, 6.07) is 71.6. The molecule has 0 spiro atoms. The zero-order valence-corrected chi connectivity index (χ0v) is 31.3. The number of para-hydroxylation sites is 2. The Bertz CT molecular complexity index is 3090. The van der Waals surface area contributed by atoms with Crippen LogP contribution >= 0.6 is 0 Å². The Morgan fingerprint density at radius 1 is 0.328 bits per heavy atom. The molecule has 0 unspecified atom stereocenters. The van der Waals surface area contributed by atoms with Crippen LogP contribution in [0.5, 0.6) is 11.5 Å². The number of hydrogen-bond donors (Lipinski definition) is 0. The highest BCUT2D eigenvalue weighted by molar-refractivity contribution is 6.09. The lowest BCUT2D eigenvalue weighted by Gasteiger charge is -2.25. The highest BCUT2D eigenvalue weighted by Crippen LogP contribution is 2.49. The number of rotatable bonds is 7. The molecule has 0 aliphatic carbocycles. The number of anilines is 3. The van der Waals surface area contributed by atoms with Crippen molar-refractivity contribution in [1.82, 2.24) is 15.0 Å². The molecule has 9 aromatic carbocycles. The van der Waals surface area contributed by atoms with Crippen LogP contribution in [-0.4, -0.2) is 15.0 Å². The van der Waals surface area contributed by atoms with Crippen molar-refractivity contribution in [1.29, 1.82) is 0 Å². The minimum atomic E-state index is 0.611. The van der Waals surface area contributed by atoms with Gasteiger partial charge in [0, 0.05) is 44.7 Å². The van der Waals surface area contributed by atoms with E-state index in [0.717, 1.165) is 83.7 Å². The summed E-state index contributed by atoms with van der Waals surface area (Å²) in [7, 11) is 0. The summed E-state index contributed by atoms with van der Waals surface area (Å²) in [5.41, 5.74) is 10.5. The Kier molecular flexibility index (Phi) is 8.07. The van der Waals surface area contributed by atoms with Gasteiger partial charge in [0.25, 0.3) is 0 Å². The normalized spacial score (nSPS) is 11.6. The fourth-order valence-electron chi connectivity index (χ4n) is 8.08. The van der Waals surface area contributed by atoms with Crippen LogP contribution in [0.1, 0.15) is 0 Å². The number of fused-ring (bicyclic) bond motifs is 3. The van der Waals surface area contributed by atoms with Crippen molar-refractivity contribution in [3.8, 4) is 67.9 Å². The molecule has 5 nitrogen and oxygen atoms in total. The van der Waals surface area contributed by atoms with E-state index in [1.807, 2.05) is 48.5 Å². The molecule has 2 heterocycles. The Labute approximate surface area is 336 Å². The van der Waals surface area contributed by atoms with Gasteiger partial charge in [-0.15, -0.1) is 0 Å². The molecule has 10 aromatic rings. The topological polar surface area (TPSA) is 51.1 Å². The zero-order chi connectivity index (χ0) is 38.4. The molecule has 0 radical (unpaired) electrons. The van der Waals surface area contributed by atoms with Crippen molar-refractivity contribution in [2.75, 3.05) is 4.90 Å². The lowest BCUT2D eigenvalue weighted by Crippen LogP contribution is -2.09. The van der Waals surface area contributed by atoms with Crippen LogP contribution in [-0.2, 0) is 0 Å². The Hall–Kier alpha value is -7.89. The van der Waals surface area contributed by atoms with E-state index < -0.39 is 0 Å². The minimum Gasteiger partial charge on any atom is -0.456 e. The molecule has 0 saturated heterocycles. The fourth-order valence-corrected chi connectivity index (χ4v) is 8.08. The SMILES string of the molecule is c1ccc(-c2nc(-c3ccc4ccccc4c3)nc(-c3ccc4c5c(cccc35)-c3cc(-c5ccc(N(c6ccccc6)c6ccccc6)cc5)ccc3O4)n2)cc1. The molecule has 1 aliphatic rings. The molecular weight excluding hydrogens is 709 g/mol. The van der Waals surface area contributed by atoms with E-state index in [1.165, 1.54) is 5.39 Å². The van der Waals surface area contributed by atoms with Crippen molar-refractivity contribution in [2.24, 2.45) is 0 Å². The maximum Gasteiger partial charge on any atom is 0.164 e. The zero-order valence-electron chi connectivity index (χ0n) is 31.3. The van der Waals surface area contributed by atoms with E-state index in [0.29, 0.717) is 17.5 Å². The molecule has 1 aromatic heterocycles. The van der Waals surface area contributed by atoms with E-state index in [2.05, 4.69) is 163 Å². The third-order valence-electron chi connectivity index (χ3n) is 10.9. The predicted octanol–water partition coefficient (Wildman–Crippen LogP) is 14.1. The van der Waals surface area contributed by atoms with Crippen LogP contribution in [0.3, 0.4) is 0 Å². The molecule has 272 valence electrons. The molecule has 5 heteroatoms. The highest BCUT2D eigenvalue weighted by atomic mass is 16.5. The molecule has 0 bridgehead atoms. The molecule has 58 heavy (non-hydrogen) atoms. The largest absolute Gasteiger partial charge is 0.456 e.